The average molecular weight is 232 g/mol. The summed E-state index contributed by atoms with van der Waals surface area (Å²) in [4.78, 5) is 2.52. The van der Waals surface area contributed by atoms with Gasteiger partial charge in [0, 0.05) is 12.6 Å². The summed E-state index contributed by atoms with van der Waals surface area (Å²) in [6, 6.07) is 11.6. The molecule has 1 saturated heterocycles. The molecule has 1 fully saturated rings. The molecule has 1 aromatic carbocycles. The Bertz CT molecular complexity index is 304. The van der Waals surface area contributed by atoms with Crippen molar-refractivity contribution < 1.29 is 0 Å². The molecule has 1 aliphatic heterocycles. The van der Waals surface area contributed by atoms with Gasteiger partial charge in [-0.3, -0.25) is 0 Å². The van der Waals surface area contributed by atoms with Crippen LogP contribution in [0, 0.1) is 0 Å². The molecule has 0 amide bonds. The van der Waals surface area contributed by atoms with Crippen molar-refractivity contribution in [3.05, 3.63) is 35.9 Å². The van der Waals surface area contributed by atoms with Gasteiger partial charge < -0.3 is 10.2 Å². The minimum absolute atomic E-state index is 0.770. The van der Waals surface area contributed by atoms with Gasteiger partial charge >= 0.3 is 0 Å². The van der Waals surface area contributed by atoms with E-state index in [9.17, 15) is 0 Å². The van der Waals surface area contributed by atoms with E-state index in [1.807, 2.05) is 0 Å². The molecule has 94 valence electrons. The van der Waals surface area contributed by atoms with Gasteiger partial charge in [-0.05, 0) is 51.4 Å². The van der Waals surface area contributed by atoms with E-state index >= 15 is 0 Å². The molecule has 0 aliphatic carbocycles. The van der Waals surface area contributed by atoms with Gasteiger partial charge in [0.15, 0.2) is 0 Å². The number of likely N-dealkylation sites (N-methyl/N-ethyl adjacent to an activating group) is 1. The first kappa shape index (κ1) is 12.6. The molecule has 17 heavy (non-hydrogen) atoms. The highest BCUT2D eigenvalue weighted by molar-refractivity contribution is 5.14. The van der Waals surface area contributed by atoms with E-state index in [1.54, 1.807) is 0 Å². The highest BCUT2D eigenvalue weighted by Gasteiger charge is 2.18. The molecule has 0 bridgehead atoms. The van der Waals surface area contributed by atoms with Crippen LogP contribution in [0.15, 0.2) is 30.3 Å². The Morgan fingerprint density at radius 2 is 2.06 bits per heavy atom. The van der Waals surface area contributed by atoms with Gasteiger partial charge in [0.1, 0.15) is 0 Å². The summed E-state index contributed by atoms with van der Waals surface area (Å²) >= 11 is 0. The van der Waals surface area contributed by atoms with Crippen LogP contribution in [0.3, 0.4) is 0 Å². The van der Waals surface area contributed by atoms with Crippen molar-refractivity contribution >= 4 is 0 Å². The molecule has 1 unspecified atom stereocenters. The fourth-order valence-electron chi connectivity index (χ4n) is 2.53. The third-order valence-electron chi connectivity index (χ3n) is 3.73. The molecule has 0 spiro atoms. The van der Waals surface area contributed by atoms with E-state index in [0.29, 0.717) is 0 Å². The highest BCUT2D eigenvalue weighted by Crippen LogP contribution is 2.09. The van der Waals surface area contributed by atoms with Gasteiger partial charge in [0.2, 0.25) is 0 Å². The highest BCUT2D eigenvalue weighted by atomic mass is 15.2. The zero-order valence-corrected chi connectivity index (χ0v) is 10.9. The lowest BCUT2D eigenvalue weighted by atomic mass is 10.1. The molecule has 0 radical (unpaired) electrons. The van der Waals surface area contributed by atoms with E-state index in [0.717, 1.165) is 6.04 Å². The van der Waals surface area contributed by atoms with Crippen molar-refractivity contribution in [3.8, 4) is 0 Å². The Kier molecular flexibility index (Phi) is 5.02. The quantitative estimate of drug-likeness (QED) is 0.757. The van der Waals surface area contributed by atoms with E-state index in [-0.39, 0.29) is 0 Å². The number of aryl methyl sites for hydroxylation is 1. The number of hydrogen-bond donors (Lipinski definition) is 1. The molecule has 0 aromatic heterocycles. The van der Waals surface area contributed by atoms with E-state index in [1.165, 1.54) is 50.9 Å². The summed E-state index contributed by atoms with van der Waals surface area (Å²) in [5, 5.41) is 3.43. The smallest absolute Gasteiger partial charge is 0.0229 e. The zero-order chi connectivity index (χ0) is 11.9. The Morgan fingerprint density at radius 3 is 2.76 bits per heavy atom. The fourth-order valence-corrected chi connectivity index (χ4v) is 2.53. The Balaban J connectivity index is 1.59. The summed E-state index contributed by atoms with van der Waals surface area (Å²) in [6.07, 6.45) is 5.14. The summed E-state index contributed by atoms with van der Waals surface area (Å²) in [5.74, 6) is 0. The number of rotatable bonds is 6. The fraction of sp³-hybridized carbons (Fsp3) is 0.600. The van der Waals surface area contributed by atoms with Crippen LogP contribution in [-0.4, -0.2) is 37.6 Å². The molecule has 1 atom stereocenters. The molecule has 2 heteroatoms. The first-order valence-electron chi connectivity index (χ1n) is 6.81. The van der Waals surface area contributed by atoms with Gasteiger partial charge in [-0.2, -0.15) is 0 Å². The summed E-state index contributed by atoms with van der Waals surface area (Å²) in [7, 11) is 2.26. The molecule has 2 nitrogen and oxygen atoms in total. The Hall–Kier alpha value is -0.860. The minimum Gasteiger partial charge on any atom is -0.315 e. The number of hydrogen-bond acceptors (Lipinski definition) is 2. The maximum absolute atomic E-state index is 3.43. The standard InChI is InChI=1S/C15H24N2/c1-17(15-10-11-16-13-15)12-6-5-9-14-7-3-2-4-8-14/h2-4,7-8,15-16H,5-6,9-13H2,1H3. The maximum Gasteiger partial charge on any atom is 0.0229 e. The number of nitrogens with zero attached hydrogens (tertiary/aromatic N) is 1. The Labute approximate surface area is 105 Å². The van der Waals surface area contributed by atoms with E-state index in [4.69, 9.17) is 0 Å². The summed E-state index contributed by atoms with van der Waals surface area (Å²) in [6.45, 7) is 3.60. The van der Waals surface area contributed by atoms with E-state index < -0.39 is 0 Å². The first-order chi connectivity index (χ1) is 8.36. The summed E-state index contributed by atoms with van der Waals surface area (Å²) < 4.78 is 0. The van der Waals surface area contributed by atoms with Gasteiger partial charge in [-0.1, -0.05) is 30.3 Å². The molecule has 1 N–H and O–H groups in total. The monoisotopic (exact) mass is 232 g/mol. The maximum atomic E-state index is 3.43. The molecule has 0 saturated carbocycles. The topological polar surface area (TPSA) is 15.3 Å². The molecule has 2 rings (SSSR count). The van der Waals surface area contributed by atoms with E-state index in [2.05, 4.69) is 47.6 Å². The van der Waals surface area contributed by atoms with Crippen LogP contribution in [0.5, 0.6) is 0 Å². The first-order valence-corrected chi connectivity index (χ1v) is 6.81. The van der Waals surface area contributed by atoms with Crippen LogP contribution < -0.4 is 5.32 Å². The normalized spacial score (nSPS) is 20.0. The predicted octanol–water partition coefficient (Wildman–Crippen LogP) is 2.30. The second kappa shape index (κ2) is 6.77. The van der Waals surface area contributed by atoms with Crippen LogP contribution in [0.2, 0.25) is 0 Å². The predicted molar refractivity (Wildman–Crippen MR) is 73.3 cm³/mol. The van der Waals surface area contributed by atoms with Crippen molar-refractivity contribution in [2.24, 2.45) is 0 Å². The molecule has 1 heterocycles. The summed E-state index contributed by atoms with van der Waals surface area (Å²) in [5.41, 5.74) is 1.47. The number of unbranched alkanes of at least 4 members (excludes halogenated alkanes) is 1. The van der Waals surface area contributed by atoms with Gasteiger partial charge in [0.05, 0.1) is 0 Å². The van der Waals surface area contributed by atoms with Crippen molar-refractivity contribution in [1.29, 1.82) is 0 Å². The Morgan fingerprint density at radius 1 is 1.24 bits per heavy atom. The third-order valence-corrected chi connectivity index (χ3v) is 3.73. The molecular formula is C15H24N2. The van der Waals surface area contributed by atoms with Crippen molar-refractivity contribution in [2.45, 2.75) is 31.7 Å². The number of benzene rings is 1. The van der Waals surface area contributed by atoms with Crippen LogP contribution in [0.25, 0.3) is 0 Å². The van der Waals surface area contributed by atoms with Crippen molar-refractivity contribution in [1.82, 2.24) is 10.2 Å². The minimum atomic E-state index is 0.770. The van der Waals surface area contributed by atoms with Crippen molar-refractivity contribution in [3.63, 3.8) is 0 Å². The third kappa shape index (κ3) is 4.14. The van der Waals surface area contributed by atoms with Crippen LogP contribution in [0.1, 0.15) is 24.8 Å². The largest absolute Gasteiger partial charge is 0.315 e. The molecule has 1 aliphatic rings. The average Bonchev–Trinajstić information content (AvgIpc) is 2.89. The lowest BCUT2D eigenvalue weighted by Gasteiger charge is -2.23. The van der Waals surface area contributed by atoms with Gasteiger partial charge in [-0.15, -0.1) is 0 Å². The molecular weight excluding hydrogens is 208 g/mol. The van der Waals surface area contributed by atoms with Gasteiger partial charge in [0.25, 0.3) is 0 Å². The number of nitrogens with one attached hydrogen (secondary N) is 1. The zero-order valence-electron chi connectivity index (χ0n) is 10.9. The van der Waals surface area contributed by atoms with Gasteiger partial charge in [-0.25, -0.2) is 0 Å². The van der Waals surface area contributed by atoms with Crippen molar-refractivity contribution in [2.75, 3.05) is 26.7 Å². The molecule has 1 aromatic rings. The SMILES string of the molecule is CN(CCCCc1ccccc1)C1CCNC1. The lowest BCUT2D eigenvalue weighted by molar-refractivity contribution is 0.252. The van der Waals surface area contributed by atoms with Crippen LogP contribution in [0.4, 0.5) is 0 Å². The second-order valence-corrected chi connectivity index (χ2v) is 5.07. The van der Waals surface area contributed by atoms with Crippen LogP contribution >= 0.6 is 0 Å². The van der Waals surface area contributed by atoms with Crippen LogP contribution in [-0.2, 0) is 6.42 Å². The second-order valence-electron chi connectivity index (χ2n) is 5.07. The lowest BCUT2D eigenvalue weighted by Crippen LogP contribution is -2.34.